The van der Waals surface area contributed by atoms with Gasteiger partial charge < -0.3 is 10.2 Å². The Balaban J connectivity index is 1.73. The molecule has 1 fully saturated rings. The van der Waals surface area contributed by atoms with Crippen molar-refractivity contribution < 1.29 is 18.0 Å². The Bertz CT molecular complexity index is 1480. The number of nitrogens with zero attached hydrogens (tertiary/aromatic N) is 2. The van der Waals surface area contributed by atoms with E-state index in [0.717, 1.165) is 35.6 Å². The maximum atomic E-state index is 14.2. The molecule has 0 unspecified atom stereocenters. The van der Waals surface area contributed by atoms with Gasteiger partial charge in [0.1, 0.15) is 12.6 Å². The molecule has 1 aliphatic carbocycles. The van der Waals surface area contributed by atoms with Crippen LogP contribution in [0.2, 0.25) is 10.0 Å². The van der Waals surface area contributed by atoms with Crippen LogP contribution in [0.4, 0.5) is 5.69 Å². The second-order valence-corrected chi connectivity index (χ2v) is 13.0. The third kappa shape index (κ3) is 7.61. The van der Waals surface area contributed by atoms with Gasteiger partial charge in [0.05, 0.1) is 10.6 Å². The van der Waals surface area contributed by atoms with Crippen molar-refractivity contribution in [1.29, 1.82) is 0 Å². The van der Waals surface area contributed by atoms with Crippen LogP contribution < -0.4 is 9.62 Å². The molecule has 218 valence electrons. The highest BCUT2D eigenvalue weighted by Crippen LogP contribution is 2.27. The van der Waals surface area contributed by atoms with E-state index in [-0.39, 0.29) is 23.4 Å². The van der Waals surface area contributed by atoms with Crippen LogP contribution in [0.5, 0.6) is 0 Å². The van der Waals surface area contributed by atoms with Gasteiger partial charge in [-0.05, 0) is 73.7 Å². The maximum absolute atomic E-state index is 14.2. The zero-order valence-corrected chi connectivity index (χ0v) is 25.6. The fraction of sp³-hybridized carbons (Fsp3) is 0.355. The first-order valence-electron chi connectivity index (χ1n) is 13.8. The van der Waals surface area contributed by atoms with E-state index in [2.05, 4.69) is 5.32 Å². The molecule has 7 nitrogen and oxygen atoms in total. The van der Waals surface area contributed by atoms with E-state index in [9.17, 15) is 18.0 Å². The van der Waals surface area contributed by atoms with Crippen LogP contribution >= 0.6 is 23.2 Å². The Morgan fingerprint density at radius 1 is 0.976 bits per heavy atom. The molecule has 0 heterocycles. The minimum atomic E-state index is -4.12. The third-order valence-corrected chi connectivity index (χ3v) is 9.72. The zero-order valence-electron chi connectivity index (χ0n) is 23.2. The van der Waals surface area contributed by atoms with Crippen molar-refractivity contribution in [3.05, 3.63) is 94.0 Å². The average Bonchev–Trinajstić information content (AvgIpc) is 3.46. The van der Waals surface area contributed by atoms with Gasteiger partial charge in [0.15, 0.2) is 0 Å². The molecule has 1 atom stereocenters. The topological polar surface area (TPSA) is 86.8 Å². The molecule has 0 aliphatic heterocycles. The van der Waals surface area contributed by atoms with Gasteiger partial charge in [-0.2, -0.15) is 0 Å². The number of rotatable bonds is 11. The van der Waals surface area contributed by atoms with Gasteiger partial charge in [-0.15, -0.1) is 0 Å². The normalized spacial score (nSPS) is 14.4. The number of amides is 2. The molecule has 0 bridgehead atoms. The second-order valence-electron chi connectivity index (χ2n) is 10.3. The Morgan fingerprint density at radius 2 is 1.68 bits per heavy atom. The number of aryl methyl sites for hydroxylation is 1. The van der Waals surface area contributed by atoms with Gasteiger partial charge >= 0.3 is 0 Å². The molecule has 0 saturated heterocycles. The summed E-state index contributed by atoms with van der Waals surface area (Å²) in [4.78, 5) is 29.2. The minimum absolute atomic E-state index is 0.0124. The first-order valence-corrected chi connectivity index (χ1v) is 16.0. The number of nitrogens with one attached hydrogen (secondary N) is 1. The second kappa shape index (κ2) is 13.7. The summed E-state index contributed by atoms with van der Waals surface area (Å²) in [5, 5.41) is 3.91. The first-order chi connectivity index (χ1) is 19.6. The van der Waals surface area contributed by atoms with E-state index in [1.807, 2.05) is 19.9 Å². The van der Waals surface area contributed by atoms with Gasteiger partial charge in [0.2, 0.25) is 11.8 Å². The molecule has 0 aromatic heterocycles. The monoisotopic (exact) mass is 615 g/mol. The fourth-order valence-corrected chi connectivity index (χ4v) is 7.05. The Morgan fingerprint density at radius 3 is 2.32 bits per heavy atom. The molecular formula is C31H35Cl2N3O4S. The lowest BCUT2D eigenvalue weighted by molar-refractivity contribution is -0.140. The SMILES string of the molecule is CC[C@H](C(=O)NC1CCCC1)N(Cc1ccc(Cl)cc1Cl)C(=O)CN(c1cccc(C)c1)S(=O)(=O)c1ccccc1. The summed E-state index contributed by atoms with van der Waals surface area (Å²) in [7, 11) is -4.12. The van der Waals surface area contributed by atoms with Crippen molar-refractivity contribution in [2.75, 3.05) is 10.8 Å². The summed E-state index contributed by atoms with van der Waals surface area (Å²) in [5.74, 6) is -0.781. The maximum Gasteiger partial charge on any atom is 0.264 e. The summed E-state index contributed by atoms with van der Waals surface area (Å²) in [5.41, 5.74) is 1.80. The molecule has 1 N–H and O–H groups in total. The lowest BCUT2D eigenvalue weighted by Crippen LogP contribution is -2.53. The number of carbonyl (C=O) groups is 2. The molecule has 41 heavy (non-hydrogen) atoms. The van der Waals surface area contributed by atoms with Crippen LogP contribution in [0.3, 0.4) is 0 Å². The van der Waals surface area contributed by atoms with Crippen molar-refractivity contribution in [2.45, 2.75) is 69.5 Å². The smallest absolute Gasteiger partial charge is 0.264 e. The number of benzene rings is 3. The van der Waals surface area contributed by atoms with Gasteiger partial charge in [-0.1, -0.05) is 79.4 Å². The highest BCUT2D eigenvalue weighted by atomic mass is 35.5. The number of hydrogen-bond acceptors (Lipinski definition) is 4. The molecule has 1 aliphatic rings. The van der Waals surface area contributed by atoms with Crippen LogP contribution in [0, 0.1) is 6.92 Å². The minimum Gasteiger partial charge on any atom is -0.352 e. The van der Waals surface area contributed by atoms with Crippen LogP contribution in [-0.4, -0.2) is 43.8 Å². The van der Waals surface area contributed by atoms with Gasteiger partial charge in [-0.3, -0.25) is 13.9 Å². The van der Waals surface area contributed by atoms with E-state index in [1.54, 1.807) is 54.6 Å². The quantitative estimate of drug-likeness (QED) is 0.272. The van der Waals surface area contributed by atoms with Gasteiger partial charge in [-0.25, -0.2) is 8.42 Å². The van der Waals surface area contributed by atoms with Crippen molar-refractivity contribution in [1.82, 2.24) is 10.2 Å². The summed E-state index contributed by atoms with van der Waals surface area (Å²) in [6, 6.07) is 19.2. The molecular weight excluding hydrogens is 581 g/mol. The van der Waals surface area contributed by atoms with Gasteiger partial charge in [0.25, 0.3) is 10.0 Å². The summed E-state index contributed by atoms with van der Waals surface area (Å²) < 4.78 is 28.9. The van der Waals surface area contributed by atoms with Crippen molar-refractivity contribution in [2.24, 2.45) is 0 Å². The Kier molecular flexibility index (Phi) is 10.3. The third-order valence-electron chi connectivity index (χ3n) is 7.34. The fourth-order valence-electron chi connectivity index (χ4n) is 5.15. The largest absolute Gasteiger partial charge is 0.352 e. The molecule has 3 aromatic rings. The molecule has 0 radical (unpaired) electrons. The molecule has 1 saturated carbocycles. The first kappa shape index (κ1) is 30.9. The lowest BCUT2D eigenvalue weighted by Gasteiger charge is -2.34. The van der Waals surface area contributed by atoms with E-state index in [0.29, 0.717) is 27.7 Å². The van der Waals surface area contributed by atoms with Crippen LogP contribution in [0.25, 0.3) is 0 Å². The molecule has 10 heteroatoms. The summed E-state index contributed by atoms with van der Waals surface area (Å²) in [6.07, 6.45) is 4.23. The molecule has 2 amide bonds. The van der Waals surface area contributed by atoms with Gasteiger partial charge in [0, 0.05) is 22.6 Å². The Labute approximate surface area is 252 Å². The molecule has 0 spiro atoms. The van der Waals surface area contributed by atoms with Crippen LogP contribution in [-0.2, 0) is 26.2 Å². The predicted molar refractivity (Wildman–Crippen MR) is 164 cm³/mol. The average molecular weight is 617 g/mol. The lowest BCUT2D eigenvalue weighted by atomic mass is 10.1. The van der Waals surface area contributed by atoms with E-state index >= 15 is 0 Å². The molecule has 3 aromatic carbocycles. The van der Waals surface area contributed by atoms with E-state index in [4.69, 9.17) is 23.2 Å². The van der Waals surface area contributed by atoms with E-state index in [1.165, 1.54) is 17.0 Å². The summed E-state index contributed by atoms with van der Waals surface area (Å²) in [6.45, 7) is 3.20. The van der Waals surface area contributed by atoms with E-state index < -0.39 is 28.5 Å². The number of halogens is 2. The molecule has 4 rings (SSSR count). The highest BCUT2D eigenvalue weighted by Gasteiger charge is 2.34. The number of sulfonamides is 1. The highest BCUT2D eigenvalue weighted by molar-refractivity contribution is 7.92. The van der Waals surface area contributed by atoms with Crippen molar-refractivity contribution >= 4 is 50.7 Å². The van der Waals surface area contributed by atoms with Crippen LogP contribution in [0.1, 0.15) is 50.2 Å². The predicted octanol–water partition coefficient (Wildman–Crippen LogP) is 6.36. The van der Waals surface area contributed by atoms with Crippen LogP contribution in [0.15, 0.2) is 77.7 Å². The standard InChI is InChI=1S/C31H35Cl2N3O4S/c1-3-29(31(38)34-25-11-7-8-12-25)35(20-23-16-17-24(32)19-28(23)33)30(37)21-36(26-13-9-10-22(2)18-26)41(39,40)27-14-5-4-6-15-27/h4-6,9-10,13-19,25,29H,3,7-8,11-12,20-21H2,1-2H3,(H,34,38)/t29-/m1/s1. The number of carbonyl (C=O) groups excluding carboxylic acids is 2. The van der Waals surface area contributed by atoms with Crippen molar-refractivity contribution in [3.63, 3.8) is 0 Å². The van der Waals surface area contributed by atoms with Crippen molar-refractivity contribution in [3.8, 4) is 0 Å². The number of anilines is 1. The number of hydrogen-bond donors (Lipinski definition) is 1. The zero-order chi connectivity index (χ0) is 29.6. The summed E-state index contributed by atoms with van der Waals surface area (Å²) >= 11 is 12.6. The Hall–Kier alpha value is -3.07.